The highest BCUT2D eigenvalue weighted by molar-refractivity contribution is 7.90. The summed E-state index contributed by atoms with van der Waals surface area (Å²) in [5, 5.41) is 21.9. The number of nitrogens with zero attached hydrogens (tertiary/aromatic N) is 4. The molecule has 0 saturated carbocycles. The van der Waals surface area contributed by atoms with Crippen LogP contribution in [-0.2, 0) is 41.0 Å². The van der Waals surface area contributed by atoms with Gasteiger partial charge in [-0.25, -0.2) is 31.9 Å². The number of sulfonamides is 2. The van der Waals surface area contributed by atoms with Crippen molar-refractivity contribution in [1.82, 2.24) is 20.0 Å². The van der Waals surface area contributed by atoms with E-state index in [9.17, 15) is 41.3 Å². The minimum Gasteiger partial charge on any atom is -0.445 e. The molecule has 41 heavy (non-hydrogen) atoms. The number of carbonyl (C=O) groups excluding carboxylic acids is 3. The Morgan fingerprint density at radius 1 is 0.976 bits per heavy atom. The Labute approximate surface area is 238 Å². The SMILES string of the molecule is CN(C)C(=O)C1CC(S(N)(=O)=O)CN1.CN(C)C(=O)C1CC(S(N)(=O)=O)CN1C(=O)OCc1ccc([N+](=O)[O-])cc1. The first kappa shape index (κ1) is 33.8. The van der Waals surface area contributed by atoms with Gasteiger partial charge in [0.2, 0.25) is 31.9 Å². The van der Waals surface area contributed by atoms with Crippen molar-refractivity contribution < 1.29 is 40.9 Å². The van der Waals surface area contributed by atoms with Gasteiger partial charge in [0.1, 0.15) is 12.6 Å². The molecule has 0 aromatic heterocycles. The summed E-state index contributed by atoms with van der Waals surface area (Å²) < 4.78 is 50.4. The maximum absolute atomic E-state index is 12.4. The lowest BCUT2D eigenvalue weighted by Crippen LogP contribution is -2.45. The minimum atomic E-state index is -3.93. The third kappa shape index (κ3) is 9.32. The molecular formula is C22H35N7O10S2. The molecule has 19 heteroatoms. The van der Waals surface area contributed by atoms with E-state index < -0.39 is 59.6 Å². The van der Waals surface area contributed by atoms with Gasteiger partial charge in [-0.05, 0) is 30.5 Å². The summed E-state index contributed by atoms with van der Waals surface area (Å²) in [6.07, 6.45) is -0.710. The van der Waals surface area contributed by atoms with E-state index >= 15 is 0 Å². The molecule has 4 unspecified atom stereocenters. The van der Waals surface area contributed by atoms with Gasteiger partial charge in [0.25, 0.3) is 5.69 Å². The molecule has 0 spiro atoms. The highest BCUT2D eigenvalue weighted by Gasteiger charge is 2.45. The topological polar surface area (TPSA) is 246 Å². The minimum absolute atomic E-state index is 0.0998. The van der Waals surface area contributed by atoms with Gasteiger partial charge in [-0.2, -0.15) is 0 Å². The first-order valence-electron chi connectivity index (χ1n) is 12.2. The number of ether oxygens (including phenoxy) is 1. The van der Waals surface area contributed by atoms with Crippen molar-refractivity contribution >= 4 is 43.6 Å². The first-order chi connectivity index (χ1) is 18.8. The molecule has 2 heterocycles. The number of nitro benzene ring substituents is 1. The van der Waals surface area contributed by atoms with Crippen LogP contribution >= 0.6 is 0 Å². The number of hydrogen-bond acceptors (Lipinski definition) is 11. The zero-order chi connectivity index (χ0) is 31.3. The summed E-state index contributed by atoms with van der Waals surface area (Å²) in [5.74, 6) is -0.551. The average molecular weight is 622 g/mol. The van der Waals surface area contributed by atoms with Gasteiger partial charge in [0.15, 0.2) is 0 Å². The van der Waals surface area contributed by atoms with Crippen molar-refractivity contribution in [3.05, 3.63) is 39.9 Å². The molecule has 0 aliphatic carbocycles. The number of nitrogens with two attached hydrogens (primary N) is 2. The van der Waals surface area contributed by atoms with Gasteiger partial charge in [0, 0.05) is 53.4 Å². The Morgan fingerprint density at radius 3 is 1.95 bits per heavy atom. The van der Waals surface area contributed by atoms with Crippen molar-refractivity contribution in [2.24, 2.45) is 10.3 Å². The second-order valence-electron chi connectivity index (χ2n) is 9.97. The maximum atomic E-state index is 12.4. The molecule has 4 atom stereocenters. The number of benzene rings is 1. The molecule has 1 aromatic carbocycles. The number of non-ortho nitro benzene ring substituents is 1. The van der Waals surface area contributed by atoms with Crippen molar-refractivity contribution in [2.75, 3.05) is 41.3 Å². The van der Waals surface area contributed by atoms with E-state index in [0.717, 1.165) is 4.90 Å². The van der Waals surface area contributed by atoms with Crippen LogP contribution in [0.1, 0.15) is 18.4 Å². The summed E-state index contributed by atoms with van der Waals surface area (Å²) in [7, 11) is -1.20. The Kier molecular flexibility index (Phi) is 11.1. The molecule has 1 aromatic rings. The molecule has 2 saturated heterocycles. The molecule has 2 aliphatic heterocycles. The van der Waals surface area contributed by atoms with Crippen LogP contribution in [0.15, 0.2) is 24.3 Å². The number of carbonyl (C=O) groups is 3. The molecule has 3 amide bonds. The lowest BCUT2D eigenvalue weighted by atomic mass is 10.2. The molecule has 230 valence electrons. The van der Waals surface area contributed by atoms with E-state index in [1.54, 1.807) is 14.1 Å². The summed E-state index contributed by atoms with van der Waals surface area (Å²) in [4.78, 5) is 49.9. The molecule has 3 rings (SSSR count). The number of amides is 3. The van der Waals surface area contributed by atoms with Gasteiger partial charge >= 0.3 is 6.09 Å². The maximum Gasteiger partial charge on any atom is 0.410 e. The number of rotatable bonds is 7. The van der Waals surface area contributed by atoms with Crippen molar-refractivity contribution in [3.63, 3.8) is 0 Å². The quantitative estimate of drug-likeness (QED) is 0.225. The number of nitro groups is 1. The summed E-state index contributed by atoms with van der Waals surface area (Å²) in [5.41, 5.74) is 0.406. The largest absolute Gasteiger partial charge is 0.445 e. The number of likely N-dealkylation sites (tertiary alicyclic amines) is 1. The highest BCUT2D eigenvalue weighted by Crippen LogP contribution is 2.25. The predicted octanol–water partition coefficient (Wildman–Crippen LogP) is -1.86. The fourth-order valence-corrected chi connectivity index (χ4v) is 5.77. The van der Waals surface area contributed by atoms with Gasteiger partial charge in [-0.15, -0.1) is 0 Å². The lowest BCUT2D eigenvalue weighted by Gasteiger charge is -2.25. The molecule has 0 bridgehead atoms. The molecule has 2 aliphatic rings. The van der Waals surface area contributed by atoms with Gasteiger partial charge in [-0.1, -0.05) is 0 Å². The second-order valence-corrected chi connectivity index (χ2v) is 13.7. The normalized spacial score (nSPS) is 22.3. The standard InChI is InChI=1S/C15H20N4O7S.C7H15N3O3S/c1-17(2)14(20)13-7-12(27(16,24)25)8-18(13)15(21)26-9-10-3-5-11(6-4-10)19(22)23;1-10(2)7(11)6-3-5(4-9-6)14(8,12)13/h3-6,12-13H,7-9H2,1-2H3,(H2,16,24,25);5-6,9H,3-4H2,1-2H3,(H2,8,12,13). The molecule has 0 radical (unpaired) electrons. The van der Waals surface area contributed by atoms with E-state index in [2.05, 4.69) is 5.32 Å². The number of nitrogens with one attached hydrogen (secondary N) is 1. The van der Waals surface area contributed by atoms with Crippen LogP contribution < -0.4 is 15.6 Å². The first-order valence-corrected chi connectivity index (χ1v) is 15.4. The Hall–Kier alpha value is -3.39. The second kappa shape index (κ2) is 13.5. The van der Waals surface area contributed by atoms with Gasteiger partial charge in [0.05, 0.1) is 21.5 Å². The van der Waals surface area contributed by atoms with Crippen LogP contribution in [0.4, 0.5) is 10.5 Å². The molecular weight excluding hydrogens is 586 g/mol. The van der Waals surface area contributed by atoms with E-state index in [-0.39, 0.29) is 44.1 Å². The number of likely N-dealkylation sites (N-methyl/N-ethyl adjacent to an activating group) is 2. The third-order valence-electron chi connectivity index (χ3n) is 6.49. The molecule has 2 fully saturated rings. The van der Waals surface area contributed by atoms with Crippen LogP contribution in [0, 0.1) is 10.1 Å². The summed E-state index contributed by atoms with van der Waals surface area (Å²) in [6.45, 7) is -0.179. The third-order valence-corrected chi connectivity index (χ3v) is 9.05. The van der Waals surface area contributed by atoms with Crippen LogP contribution in [-0.4, -0.2) is 118 Å². The van der Waals surface area contributed by atoms with Crippen molar-refractivity contribution in [2.45, 2.75) is 42.0 Å². The number of hydrogen-bond donors (Lipinski definition) is 3. The van der Waals surface area contributed by atoms with Crippen LogP contribution in [0.3, 0.4) is 0 Å². The lowest BCUT2D eigenvalue weighted by molar-refractivity contribution is -0.384. The smallest absolute Gasteiger partial charge is 0.410 e. The Balaban J connectivity index is 0.000000353. The molecule has 17 nitrogen and oxygen atoms in total. The van der Waals surface area contributed by atoms with E-state index in [1.807, 2.05) is 0 Å². The Bertz CT molecular complexity index is 1350. The van der Waals surface area contributed by atoms with E-state index in [1.165, 1.54) is 48.2 Å². The average Bonchev–Trinajstić information content (AvgIpc) is 3.55. The fourth-order valence-electron chi connectivity index (χ4n) is 4.16. The van der Waals surface area contributed by atoms with Crippen molar-refractivity contribution in [3.8, 4) is 0 Å². The van der Waals surface area contributed by atoms with Crippen LogP contribution in [0.2, 0.25) is 0 Å². The molecule has 5 N–H and O–H groups in total. The zero-order valence-electron chi connectivity index (χ0n) is 23.0. The highest BCUT2D eigenvalue weighted by atomic mass is 32.2. The zero-order valence-corrected chi connectivity index (χ0v) is 24.6. The summed E-state index contributed by atoms with van der Waals surface area (Å²) >= 11 is 0. The monoisotopic (exact) mass is 621 g/mol. The summed E-state index contributed by atoms with van der Waals surface area (Å²) in [6, 6.07) is 4.00. The van der Waals surface area contributed by atoms with Gasteiger partial charge in [-0.3, -0.25) is 24.6 Å². The van der Waals surface area contributed by atoms with Gasteiger partial charge < -0.3 is 19.9 Å². The van der Waals surface area contributed by atoms with Crippen LogP contribution in [0.25, 0.3) is 0 Å². The van der Waals surface area contributed by atoms with E-state index in [4.69, 9.17) is 15.0 Å². The predicted molar refractivity (Wildman–Crippen MR) is 146 cm³/mol. The van der Waals surface area contributed by atoms with E-state index in [0.29, 0.717) is 5.56 Å². The van der Waals surface area contributed by atoms with Crippen LogP contribution in [0.5, 0.6) is 0 Å². The fraction of sp³-hybridized carbons (Fsp3) is 0.591. The Morgan fingerprint density at radius 2 is 1.51 bits per heavy atom. The number of primary sulfonamides is 2. The van der Waals surface area contributed by atoms with Crippen molar-refractivity contribution in [1.29, 1.82) is 0 Å².